The van der Waals surface area contributed by atoms with Gasteiger partial charge in [-0.15, -0.1) is 12.4 Å². The molecule has 0 radical (unpaired) electrons. The van der Waals surface area contributed by atoms with Crippen LogP contribution >= 0.6 is 12.4 Å². The summed E-state index contributed by atoms with van der Waals surface area (Å²) in [5, 5.41) is 8.89. The molecule has 1 saturated heterocycles. The molecule has 0 saturated carbocycles. The Kier molecular flexibility index (Phi) is 9.44. The molecule has 0 atom stereocenters. The van der Waals surface area contributed by atoms with Crippen molar-refractivity contribution in [2.45, 2.75) is 12.8 Å². The molecule has 92 valence electrons. The lowest BCUT2D eigenvalue weighted by Gasteiger charge is -2.28. The van der Waals surface area contributed by atoms with E-state index in [9.17, 15) is 0 Å². The lowest BCUT2D eigenvalue weighted by molar-refractivity contribution is 0.0505. The summed E-state index contributed by atoms with van der Waals surface area (Å²) in [4.78, 5) is 2.25. The van der Waals surface area contributed by atoms with E-state index in [2.05, 4.69) is 4.90 Å². The van der Waals surface area contributed by atoms with Crippen LogP contribution in [-0.4, -0.2) is 56.0 Å². The van der Waals surface area contributed by atoms with Crippen molar-refractivity contribution in [1.82, 2.24) is 4.90 Å². The van der Waals surface area contributed by atoms with E-state index < -0.39 is 0 Å². The van der Waals surface area contributed by atoms with Crippen LogP contribution in [-0.2, 0) is 4.74 Å². The monoisotopic (exact) mass is 238 g/mol. The minimum atomic E-state index is 0. The van der Waals surface area contributed by atoms with E-state index in [1.54, 1.807) is 0 Å². The van der Waals surface area contributed by atoms with Gasteiger partial charge in [-0.3, -0.25) is 4.90 Å². The van der Waals surface area contributed by atoms with Crippen molar-refractivity contribution < 1.29 is 9.84 Å². The molecule has 1 aliphatic rings. The third kappa shape index (κ3) is 6.33. The molecule has 0 bridgehead atoms. The highest BCUT2D eigenvalue weighted by Crippen LogP contribution is 2.15. The Labute approximate surface area is 98.2 Å². The summed E-state index contributed by atoms with van der Waals surface area (Å²) >= 11 is 0. The Balaban J connectivity index is 0.00000196. The number of rotatable bonds is 6. The predicted molar refractivity (Wildman–Crippen MR) is 63.4 cm³/mol. The van der Waals surface area contributed by atoms with Gasteiger partial charge in [0.05, 0.1) is 6.61 Å². The first-order chi connectivity index (χ1) is 6.86. The van der Waals surface area contributed by atoms with Gasteiger partial charge >= 0.3 is 0 Å². The standard InChI is InChI=1S/C10H22N2O2.ClH/c11-3-4-12(5-6-13)9-10-1-7-14-8-2-10;/h10,13H,1-9,11H2;1H. The van der Waals surface area contributed by atoms with Crippen molar-refractivity contribution in [3.63, 3.8) is 0 Å². The minimum absolute atomic E-state index is 0. The molecule has 1 rings (SSSR count). The number of hydrogen-bond acceptors (Lipinski definition) is 4. The normalized spacial score (nSPS) is 17.8. The average molecular weight is 239 g/mol. The summed E-state index contributed by atoms with van der Waals surface area (Å²) in [7, 11) is 0. The quantitative estimate of drug-likeness (QED) is 0.689. The van der Waals surface area contributed by atoms with Crippen molar-refractivity contribution in [1.29, 1.82) is 0 Å². The Morgan fingerprint density at radius 1 is 1.27 bits per heavy atom. The summed E-state index contributed by atoms with van der Waals surface area (Å²) in [6.45, 7) is 5.36. The van der Waals surface area contributed by atoms with Crippen LogP contribution in [0.3, 0.4) is 0 Å². The first-order valence-corrected chi connectivity index (χ1v) is 5.48. The zero-order valence-electron chi connectivity index (χ0n) is 9.23. The predicted octanol–water partition coefficient (Wildman–Crippen LogP) is 0.0878. The van der Waals surface area contributed by atoms with Crippen molar-refractivity contribution >= 4 is 12.4 Å². The Hall–Kier alpha value is 0.130. The fourth-order valence-electron chi connectivity index (χ4n) is 1.91. The summed E-state index contributed by atoms with van der Waals surface area (Å²) in [5.74, 6) is 0.724. The van der Waals surface area contributed by atoms with E-state index in [-0.39, 0.29) is 19.0 Å². The van der Waals surface area contributed by atoms with E-state index in [1.807, 2.05) is 0 Å². The number of nitrogens with zero attached hydrogens (tertiary/aromatic N) is 1. The zero-order valence-corrected chi connectivity index (χ0v) is 10.0. The lowest BCUT2D eigenvalue weighted by atomic mass is 10.00. The first kappa shape index (κ1) is 15.1. The topological polar surface area (TPSA) is 58.7 Å². The fraction of sp³-hybridized carbons (Fsp3) is 1.00. The molecule has 5 heteroatoms. The van der Waals surface area contributed by atoms with Crippen LogP contribution in [0.15, 0.2) is 0 Å². The number of aliphatic hydroxyl groups is 1. The van der Waals surface area contributed by atoms with E-state index in [0.29, 0.717) is 6.54 Å². The largest absolute Gasteiger partial charge is 0.395 e. The molecule has 0 aromatic heterocycles. The third-order valence-corrected chi connectivity index (χ3v) is 2.72. The Bertz CT molecular complexity index is 137. The zero-order chi connectivity index (χ0) is 10.2. The van der Waals surface area contributed by atoms with E-state index in [0.717, 1.165) is 51.6 Å². The molecule has 0 aromatic rings. The van der Waals surface area contributed by atoms with Crippen LogP contribution in [0, 0.1) is 5.92 Å². The second kappa shape index (κ2) is 9.36. The molecule has 4 nitrogen and oxygen atoms in total. The molecular formula is C10H23ClN2O2. The van der Waals surface area contributed by atoms with Crippen molar-refractivity contribution in [2.24, 2.45) is 11.7 Å². The maximum absolute atomic E-state index is 8.89. The molecule has 3 N–H and O–H groups in total. The lowest BCUT2D eigenvalue weighted by Crippen LogP contribution is -2.37. The van der Waals surface area contributed by atoms with E-state index >= 15 is 0 Å². The number of aliphatic hydroxyl groups excluding tert-OH is 1. The molecule has 1 fully saturated rings. The van der Waals surface area contributed by atoms with E-state index in [4.69, 9.17) is 15.6 Å². The van der Waals surface area contributed by atoms with Gasteiger partial charge in [-0.25, -0.2) is 0 Å². The van der Waals surface area contributed by atoms with Crippen LogP contribution in [0.5, 0.6) is 0 Å². The summed E-state index contributed by atoms with van der Waals surface area (Å²) in [6, 6.07) is 0. The molecule has 15 heavy (non-hydrogen) atoms. The number of hydrogen-bond donors (Lipinski definition) is 2. The van der Waals surface area contributed by atoms with Gasteiger partial charge in [0, 0.05) is 39.4 Å². The van der Waals surface area contributed by atoms with Crippen LogP contribution < -0.4 is 5.73 Å². The Morgan fingerprint density at radius 2 is 1.93 bits per heavy atom. The Morgan fingerprint density at radius 3 is 2.47 bits per heavy atom. The van der Waals surface area contributed by atoms with Gasteiger partial charge in [0.2, 0.25) is 0 Å². The maximum Gasteiger partial charge on any atom is 0.0558 e. The smallest absolute Gasteiger partial charge is 0.0558 e. The highest BCUT2D eigenvalue weighted by molar-refractivity contribution is 5.85. The summed E-state index contributed by atoms with van der Waals surface area (Å²) in [5.41, 5.74) is 5.52. The van der Waals surface area contributed by atoms with Crippen LogP contribution in [0.1, 0.15) is 12.8 Å². The van der Waals surface area contributed by atoms with Gasteiger partial charge in [-0.1, -0.05) is 0 Å². The third-order valence-electron chi connectivity index (χ3n) is 2.72. The van der Waals surface area contributed by atoms with Gasteiger partial charge in [0.15, 0.2) is 0 Å². The van der Waals surface area contributed by atoms with Crippen molar-refractivity contribution in [3.8, 4) is 0 Å². The van der Waals surface area contributed by atoms with Crippen LogP contribution in [0.25, 0.3) is 0 Å². The molecule has 0 amide bonds. The number of ether oxygens (including phenoxy) is 1. The highest BCUT2D eigenvalue weighted by atomic mass is 35.5. The van der Waals surface area contributed by atoms with Crippen molar-refractivity contribution in [3.05, 3.63) is 0 Å². The molecule has 0 aliphatic carbocycles. The number of halogens is 1. The SMILES string of the molecule is Cl.NCCN(CCO)CC1CCOCC1. The summed E-state index contributed by atoms with van der Waals surface area (Å²) < 4.78 is 5.31. The van der Waals surface area contributed by atoms with E-state index in [1.165, 1.54) is 0 Å². The minimum Gasteiger partial charge on any atom is -0.395 e. The van der Waals surface area contributed by atoms with Gasteiger partial charge in [0.25, 0.3) is 0 Å². The fourth-order valence-corrected chi connectivity index (χ4v) is 1.91. The van der Waals surface area contributed by atoms with Gasteiger partial charge < -0.3 is 15.6 Å². The molecular weight excluding hydrogens is 216 g/mol. The highest BCUT2D eigenvalue weighted by Gasteiger charge is 2.16. The second-order valence-electron chi connectivity index (χ2n) is 3.87. The summed E-state index contributed by atoms with van der Waals surface area (Å²) in [6.07, 6.45) is 2.29. The van der Waals surface area contributed by atoms with Crippen molar-refractivity contribution in [2.75, 3.05) is 46.0 Å². The molecule has 0 spiro atoms. The average Bonchev–Trinajstić information content (AvgIpc) is 2.20. The molecule has 0 aromatic carbocycles. The van der Waals surface area contributed by atoms with Crippen LogP contribution in [0.2, 0.25) is 0 Å². The first-order valence-electron chi connectivity index (χ1n) is 5.48. The maximum atomic E-state index is 8.89. The van der Waals surface area contributed by atoms with Gasteiger partial charge in [0.1, 0.15) is 0 Å². The molecule has 1 heterocycles. The molecule has 0 unspecified atom stereocenters. The van der Waals surface area contributed by atoms with Gasteiger partial charge in [-0.05, 0) is 18.8 Å². The van der Waals surface area contributed by atoms with Gasteiger partial charge in [-0.2, -0.15) is 0 Å². The second-order valence-corrected chi connectivity index (χ2v) is 3.87. The molecule has 1 aliphatic heterocycles. The number of nitrogens with two attached hydrogens (primary N) is 1. The van der Waals surface area contributed by atoms with Crippen LogP contribution in [0.4, 0.5) is 0 Å².